The van der Waals surface area contributed by atoms with Gasteiger partial charge in [-0.3, -0.25) is 19.3 Å². The maximum Gasteiger partial charge on any atom is 0.340 e. The number of amides is 3. The second-order valence-corrected chi connectivity index (χ2v) is 8.60. The molecule has 1 aromatic heterocycles. The van der Waals surface area contributed by atoms with Gasteiger partial charge in [0, 0.05) is 22.1 Å². The molecule has 38 heavy (non-hydrogen) atoms. The van der Waals surface area contributed by atoms with Gasteiger partial charge in [-0.05, 0) is 62.4 Å². The molecule has 3 aromatic rings. The predicted octanol–water partition coefficient (Wildman–Crippen LogP) is 4.46. The minimum Gasteiger partial charge on any atom is -0.462 e. The summed E-state index contributed by atoms with van der Waals surface area (Å²) in [4.78, 5) is 51.9. The van der Waals surface area contributed by atoms with Crippen LogP contribution in [-0.4, -0.2) is 30.3 Å². The van der Waals surface area contributed by atoms with Gasteiger partial charge in [-0.15, -0.1) is 0 Å². The average molecular weight is 534 g/mol. The lowest BCUT2D eigenvalue weighted by Crippen LogP contribution is -2.34. The highest BCUT2D eigenvalue weighted by Gasteiger charge is 2.38. The van der Waals surface area contributed by atoms with Crippen molar-refractivity contribution >= 4 is 52.7 Å². The second-order valence-electron chi connectivity index (χ2n) is 8.17. The van der Waals surface area contributed by atoms with Gasteiger partial charge in [0.05, 0.1) is 24.3 Å². The van der Waals surface area contributed by atoms with E-state index in [-0.39, 0.29) is 30.1 Å². The van der Waals surface area contributed by atoms with Crippen molar-refractivity contribution in [1.82, 2.24) is 5.32 Å². The predicted molar refractivity (Wildman–Crippen MR) is 142 cm³/mol. The fourth-order valence-corrected chi connectivity index (χ4v) is 4.07. The zero-order valence-corrected chi connectivity index (χ0v) is 21.4. The summed E-state index contributed by atoms with van der Waals surface area (Å²) in [5.41, 5.74) is 1.70. The minimum absolute atomic E-state index is 0.0747. The molecule has 0 unspecified atom stereocenters. The maximum absolute atomic E-state index is 13.4. The van der Waals surface area contributed by atoms with Crippen LogP contribution in [0.15, 0.2) is 88.0 Å². The Balaban J connectivity index is 1.49. The van der Waals surface area contributed by atoms with Gasteiger partial charge in [-0.1, -0.05) is 35.9 Å². The van der Waals surface area contributed by atoms with Crippen LogP contribution in [0.1, 0.15) is 25.4 Å². The molecule has 0 atom stereocenters. The van der Waals surface area contributed by atoms with Crippen molar-refractivity contribution in [2.75, 3.05) is 16.8 Å². The van der Waals surface area contributed by atoms with Crippen molar-refractivity contribution in [2.45, 2.75) is 20.4 Å². The van der Waals surface area contributed by atoms with Gasteiger partial charge in [0.25, 0.3) is 5.91 Å². The van der Waals surface area contributed by atoms with Crippen LogP contribution in [0.4, 0.5) is 11.4 Å². The molecule has 0 saturated carbocycles. The van der Waals surface area contributed by atoms with Crippen LogP contribution < -0.4 is 15.5 Å². The molecule has 2 aromatic carbocycles. The van der Waals surface area contributed by atoms with E-state index in [1.165, 1.54) is 17.0 Å². The molecule has 2 heterocycles. The summed E-state index contributed by atoms with van der Waals surface area (Å²) in [7, 11) is 0. The summed E-state index contributed by atoms with van der Waals surface area (Å²) in [6.07, 6.45) is 1.46. The molecule has 0 spiro atoms. The molecule has 2 N–H and O–H groups in total. The molecule has 0 bridgehead atoms. The molecular weight excluding hydrogens is 510 g/mol. The SMILES string of the molecule is CCOC(=O)C1=C(C)N(c2ccccc2)C(=O)/C1=C/c1ccc(CNC(=O)C(=O)Nc2cccc(Cl)c2)o1. The highest BCUT2D eigenvalue weighted by molar-refractivity contribution is 6.39. The van der Waals surface area contributed by atoms with Crippen molar-refractivity contribution in [3.8, 4) is 0 Å². The fourth-order valence-electron chi connectivity index (χ4n) is 3.88. The van der Waals surface area contributed by atoms with E-state index < -0.39 is 23.7 Å². The summed E-state index contributed by atoms with van der Waals surface area (Å²) >= 11 is 5.89. The molecule has 1 aliphatic rings. The van der Waals surface area contributed by atoms with Crippen LogP contribution in [0.3, 0.4) is 0 Å². The molecule has 0 aliphatic carbocycles. The van der Waals surface area contributed by atoms with Crippen LogP contribution in [0.25, 0.3) is 6.08 Å². The van der Waals surface area contributed by atoms with E-state index in [0.717, 1.165) is 0 Å². The molecule has 0 saturated heterocycles. The lowest BCUT2D eigenvalue weighted by atomic mass is 10.1. The molecule has 194 valence electrons. The first-order valence-electron chi connectivity index (χ1n) is 11.7. The van der Waals surface area contributed by atoms with E-state index >= 15 is 0 Å². The van der Waals surface area contributed by atoms with E-state index in [1.54, 1.807) is 68.4 Å². The van der Waals surface area contributed by atoms with Crippen molar-refractivity contribution < 1.29 is 28.3 Å². The van der Waals surface area contributed by atoms with E-state index in [0.29, 0.717) is 27.9 Å². The number of para-hydroxylation sites is 1. The van der Waals surface area contributed by atoms with Crippen molar-refractivity contribution in [2.24, 2.45) is 0 Å². The number of benzene rings is 2. The summed E-state index contributed by atoms with van der Waals surface area (Å²) in [6.45, 7) is 3.44. The number of carbonyl (C=O) groups is 4. The Morgan fingerprint density at radius 1 is 1.03 bits per heavy atom. The summed E-state index contributed by atoms with van der Waals surface area (Å²) in [5, 5.41) is 5.35. The van der Waals surface area contributed by atoms with Crippen LogP contribution in [0.5, 0.6) is 0 Å². The summed E-state index contributed by atoms with van der Waals surface area (Å²) in [6, 6.07) is 18.6. The summed E-state index contributed by atoms with van der Waals surface area (Å²) < 4.78 is 10.9. The fraction of sp³-hybridized carbons (Fsp3) is 0.143. The third kappa shape index (κ3) is 5.84. The molecule has 3 amide bonds. The van der Waals surface area contributed by atoms with Gasteiger partial charge in [-0.2, -0.15) is 0 Å². The normalized spacial score (nSPS) is 14.1. The van der Waals surface area contributed by atoms with Crippen LogP contribution >= 0.6 is 11.6 Å². The number of nitrogens with zero attached hydrogens (tertiary/aromatic N) is 1. The zero-order valence-electron chi connectivity index (χ0n) is 20.6. The highest BCUT2D eigenvalue weighted by atomic mass is 35.5. The number of nitrogens with one attached hydrogen (secondary N) is 2. The second kappa shape index (κ2) is 11.6. The van der Waals surface area contributed by atoms with Gasteiger partial charge in [0.1, 0.15) is 11.5 Å². The molecule has 0 radical (unpaired) electrons. The Labute approximate surface area is 223 Å². The summed E-state index contributed by atoms with van der Waals surface area (Å²) in [5.74, 6) is -2.13. The number of allylic oxidation sites excluding steroid dienone is 1. The number of ether oxygens (including phenoxy) is 1. The van der Waals surface area contributed by atoms with E-state index in [2.05, 4.69) is 10.6 Å². The van der Waals surface area contributed by atoms with E-state index in [1.807, 2.05) is 6.07 Å². The van der Waals surface area contributed by atoms with Crippen molar-refractivity contribution in [3.63, 3.8) is 0 Å². The lowest BCUT2D eigenvalue weighted by Gasteiger charge is -2.17. The molecule has 10 heteroatoms. The number of hydrogen-bond acceptors (Lipinski definition) is 6. The smallest absolute Gasteiger partial charge is 0.340 e. The maximum atomic E-state index is 13.4. The number of hydrogen-bond donors (Lipinski definition) is 2. The Morgan fingerprint density at radius 3 is 2.50 bits per heavy atom. The number of anilines is 2. The van der Waals surface area contributed by atoms with Crippen LogP contribution in [0, 0.1) is 0 Å². The van der Waals surface area contributed by atoms with Crippen molar-refractivity contribution in [3.05, 3.63) is 100 Å². The molecule has 1 aliphatic heterocycles. The molecule has 0 fully saturated rings. The van der Waals surface area contributed by atoms with E-state index in [4.69, 9.17) is 20.8 Å². The first kappa shape index (κ1) is 26.4. The first-order chi connectivity index (χ1) is 18.3. The van der Waals surface area contributed by atoms with Gasteiger partial charge < -0.3 is 19.8 Å². The largest absolute Gasteiger partial charge is 0.462 e. The average Bonchev–Trinajstić information content (AvgIpc) is 3.44. The quantitative estimate of drug-likeness (QED) is 0.263. The van der Waals surface area contributed by atoms with Gasteiger partial charge in [0.2, 0.25) is 0 Å². The highest BCUT2D eigenvalue weighted by Crippen LogP contribution is 2.35. The molecular formula is C28H24ClN3O6. The Hall–Kier alpha value is -4.63. The lowest BCUT2D eigenvalue weighted by molar-refractivity contribution is -0.138. The number of esters is 1. The van der Waals surface area contributed by atoms with Crippen molar-refractivity contribution in [1.29, 1.82) is 0 Å². The van der Waals surface area contributed by atoms with Gasteiger partial charge in [-0.25, -0.2) is 4.79 Å². The zero-order chi connectivity index (χ0) is 27.2. The standard InChI is InChI=1S/C28H24ClN3O6/c1-3-37-28(36)24-17(2)32(20-10-5-4-6-11-20)27(35)23(24)15-21-12-13-22(38-21)16-30-25(33)26(34)31-19-9-7-8-18(29)14-19/h4-15H,3,16H2,1-2H3,(H,30,33)(H,31,34)/b23-15+. The first-order valence-corrected chi connectivity index (χ1v) is 12.1. The number of rotatable bonds is 7. The molecule has 9 nitrogen and oxygen atoms in total. The number of carbonyl (C=O) groups excluding carboxylic acids is 4. The van der Waals surface area contributed by atoms with Gasteiger partial charge >= 0.3 is 17.8 Å². The third-order valence-electron chi connectivity index (χ3n) is 5.57. The Bertz CT molecular complexity index is 1460. The number of furan rings is 1. The number of halogens is 1. The Kier molecular flexibility index (Phi) is 8.08. The third-order valence-corrected chi connectivity index (χ3v) is 5.81. The Morgan fingerprint density at radius 2 is 1.79 bits per heavy atom. The topological polar surface area (TPSA) is 118 Å². The molecule has 4 rings (SSSR count). The van der Waals surface area contributed by atoms with Crippen LogP contribution in [0.2, 0.25) is 5.02 Å². The van der Waals surface area contributed by atoms with Gasteiger partial charge in [0.15, 0.2) is 0 Å². The van der Waals surface area contributed by atoms with E-state index in [9.17, 15) is 19.2 Å². The monoisotopic (exact) mass is 533 g/mol. The van der Waals surface area contributed by atoms with Crippen LogP contribution in [-0.2, 0) is 30.5 Å². The minimum atomic E-state index is -0.867.